The summed E-state index contributed by atoms with van der Waals surface area (Å²) in [4.78, 5) is 0. The third-order valence-corrected chi connectivity index (χ3v) is 2.23. The van der Waals surface area contributed by atoms with E-state index >= 15 is 0 Å². The topological polar surface area (TPSA) is 35.2 Å². The fourth-order valence-electron chi connectivity index (χ4n) is 0.982. The lowest BCUT2D eigenvalue weighted by atomic mass is 10.1. The number of para-hydroxylation sites is 1. The highest BCUT2D eigenvalue weighted by atomic mass is 19.1. The van der Waals surface area contributed by atoms with E-state index in [-0.39, 0.29) is 5.75 Å². The Kier molecular flexibility index (Phi) is 2.99. The summed E-state index contributed by atoms with van der Waals surface area (Å²) < 4.78 is 18.8. The molecule has 0 aliphatic rings. The highest BCUT2D eigenvalue weighted by Gasteiger charge is 2.20. The molecule has 0 saturated carbocycles. The number of benzene rings is 1. The van der Waals surface area contributed by atoms with Gasteiger partial charge in [-0.3, -0.25) is 0 Å². The van der Waals surface area contributed by atoms with Crippen molar-refractivity contribution in [2.24, 2.45) is 0 Å². The standard InChI is InChI=1S/C11H16FNO/c1-4-11(2,3)14-10-8(12)6-5-7-9(10)13/h5-7H,4,13H2,1-3H3. The Hall–Kier alpha value is -1.25. The van der Waals surface area contributed by atoms with Crippen molar-refractivity contribution in [2.75, 3.05) is 5.73 Å². The first kappa shape index (κ1) is 10.8. The average molecular weight is 197 g/mol. The molecule has 0 aromatic heterocycles. The maximum absolute atomic E-state index is 13.3. The van der Waals surface area contributed by atoms with E-state index in [9.17, 15) is 4.39 Å². The predicted octanol–water partition coefficient (Wildman–Crippen LogP) is 2.98. The highest BCUT2D eigenvalue weighted by Crippen LogP contribution is 2.29. The Morgan fingerprint density at radius 2 is 2.07 bits per heavy atom. The van der Waals surface area contributed by atoms with E-state index in [1.54, 1.807) is 12.1 Å². The van der Waals surface area contributed by atoms with Gasteiger partial charge in [0.25, 0.3) is 0 Å². The van der Waals surface area contributed by atoms with Crippen molar-refractivity contribution >= 4 is 5.69 Å². The number of rotatable bonds is 3. The van der Waals surface area contributed by atoms with E-state index in [1.165, 1.54) is 6.07 Å². The number of nitrogen functional groups attached to an aromatic ring is 1. The largest absolute Gasteiger partial charge is 0.483 e. The van der Waals surface area contributed by atoms with Gasteiger partial charge in [0.05, 0.1) is 5.69 Å². The smallest absolute Gasteiger partial charge is 0.178 e. The molecule has 0 radical (unpaired) electrons. The summed E-state index contributed by atoms with van der Waals surface area (Å²) in [5.74, 6) is -0.258. The number of nitrogens with two attached hydrogens (primary N) is 1. The first-order chi connectivity index (χ1) is 6.46. The van der Waals surface area contributed by atoms with Crippen molar-refractivity contribution in [3.63, 3.8) is 0 Å². The SMILES string of the molecule is CCC(C)(C)Oc1c(N)cccc1F. The van der Waals surface area contributed by atoms with Crippen molar-refractivity contribution in [3.8, 4) is 5.75 Å². The Morgan fingerprint density at radius 3 is 2.57 bits per heavy atom. The van der Waals surface area contributed by atoms with E-state index < -0.39 is 11.4 Å². The molecule has 0 unspecified atom stereocenters. The lowest BCUT2D eigenvalue weighted by Crippen LogP contribution is -2.27. The second kappa shape index (κ2) is 3.86. The van der Waals surface area contributed by atoms with Gasteiger partial charge >= 0.3 is 0 Å². The summed E-state index contributed by atoms with van der Waals surface area (Å²) in [6.07, 6.45) is 0.792. The second-order valence-corrected chi connectivity index (χ2v) is 3.87. The summed E-state index contributed by atoms with van der Waals surface area (Å²) in [6.45, 7) is 5.79. The summed E-state index contributed by atoms with van der Waals surface area (Å²) in [6, 6.07) is 4.54. The first-order valence-corrected chi connectivity index (χ1v) is 4.69. The fraction of sp³-hybridized carbons (Fsp3) is 0.455. The van der Waals surface area contributed by atoms with E-state index in [1.807, 2.05) is 20.8 Å². The van der Waals surface area contributed by atoms with E-state index in [0.29, 0.717) is 5.69 Å². The minimum atomic E-state index is -0.411. The lowest BCUT2D eigenvalue weighted by molar-refractivity contribution is 0.101. The summed E-state index contributed by atoms with van der Waals surface area (Å²) in [7, 11) is 0. The van der Waals surface area contributed by atoms with Crippen LogP contribution < -0.4 is 10.5 Å². The van der Waals surface area contributed by atoms with Crippen LogP contribution >= 0.6 is 0 Å². The normalized spacial score (nSPS) is 11.4. The van der Waals surface area contributed by atoms with Crippen molar-refractivity contribution in [2.45, 2.75) is 32.8 Å². The molecule has 0 saturated heterocycles. The van der Waals surface area contributed by atoms with E-state index in [4.69, 9.17) is 10.5 Å². The minimum absolute atomic E-state index is 0.152. The number of halogens is 1. The van der Waals surface area contributed by atoms with Crippen LogP contribution in [-0.2, 0) is 0 Å². The molecule has 1 aromatic rings. The van der Waals surface area contributed by atoms with E-state index in [2.05, 4.69) is 0 Å². The van der Waals surface area contributed by atoms with Crippen molar-refractivity contribution in [3.05, 3.63) is 24.0 Å². The van der Waals surface area contributed by atoms with Crippen LogP contribution in [0.15, 0.2) is 18.2 Å². The molecular formula is C11H16FNO. The molecular weight excluding hydrogens is 181 g/mol. The van der Waals surface area contributed by atoms with Crippen molar-refractivity contribution in [1.29, 1.82) is 0 Å². The Bertz CT molecular complexity index is 303. The van der Waals surface area contributed by atoms with Crippen LogP contribution in [0, 0.1) is 5.82 Å². The van der Waals surface area contributed by atoms with Gasteiger partial charge in [-0.15, -0.1) is 0 Å². The van der Waals surface area contributed by atoms with Crippen LogP contribution in [0.3, 0.4) is 0 Å². The van der Waals surface area contributed by atoms with Crippen LogP contribution in [0.5, 0.6) is 5.75 Å². The molecule has 0 atom stereocenters. The number of hydrogen-bond acceptors (Lipinski definition) is 2. The molecule has 0 bridgehead atoms. The van der Waals surface area contributed by atoms with Crippen molar-refractivity contribution in [1.82, 2.24) is 0 Å². The highest BCUT2D eigenvalue weighted by molar-refractivity contribution is 5.53. The molecule has 3 heteroatoms. The molecule has 1 rings (SSSR count). The average Bonchev–Trinajstić information content (AvgIpc) is 2.12. The number of hydrogen-bond donors (Lipinski definition) is 1. The molecule has 0 spiro atoms. The van der Waals surface area contributed by atoms with Crippen LogP contribution in [0.4, 0.5) is 10.1 Å². The van der Waals surface area contributed by atoms with Gasteiger partial charge < -0.3 is 10.5 Å². The maximum atomic E-state index is 13.3. The minimum Gasteiger partial charge on any atom is -0.483 e. The number of ether oxygens (including phenoxy) is 1. The van der Waals surface area contributed by atoms with Gasteiger partial charge in [0.15, 0.2) is 11.6 Å². The van der Waals surface area contributed by atoms with Crippen molar-refractivity contribution < 1.29 is 9.13 Å². The molecule has 0 fully saturated rings. The zero-order valence-electron chi connectivity index (χ0n) is 8.80. The van der Waals surface area contributed by atoms with Crippen LogP contribution in [0.1, 0.15) is 27.2 Å². The first-order valence-electron chi connectivity index (χ1n) is 4.69. The van der Waals surface area contributed by atoms with Crippen LogP contribution in [-0.4, -0.2) is 5.60 Å². The molecule has 2 nitrogen and oxygen atoms in total. The summed E-state index contributed by atoms with van der Waals surface area (Å²) in [5.41, 5.74) is 5.57. The Morgan fingerprint density at radius 1 is 1.43 bits per heavy atom. The molecule has 0 amide bonds. The fourth-order valence-corrected chi connectivity index (χ4v) is 0.982. The predicted molar refractivity (Wildman–Crippen MR) is 55.8 cm³/mol. The monoisotopic (exact) mass is 197 g/mol. The number of anilines is 1. The molecule has 0 aliphatic carbocycles. The third-order valence-electron chi connectivity index (χ3n) is 2.23. The van der Waals surface area contributed by atoms with Crippen LogP contribution in [0.2, 0.25) is 0 Å². The molecule has 0 heterocycles. The zero-order valence-corrected chi connectivity index (χ0v) is 8.80. The van der Waals surface area contributed by atoms with Gasteiger partial charge in [-0.2, -0.15) is 0 Å². The summed E-state index contributed by atoms with van der Waals surface area (Å²) in [5, 5.41) is 0. The Labute approximate surface area is 83.9 Å². The van der Waals surface area contributed by atoms with Gasteiger partial charge in [-0.1, -0.05) is 13.0 Å². The van der Waals surface area contributed by atoms with Gasteiger partial charge in [-0.25, -0.2) is 4.39 Å². The lowest BCUT2D eigenvalue weighted by Gasteiger charge is -2.25. The molecule has 14 heavy (non-hydrogen) atoms. The van der Waals surface area contributed by atoms with E-state index in [0.717, 1.165) is 6.42 Å². The summed E-state index contributed by atoms with van der Waals surface area (Å²) >= 11 is 0. The van der Waals surface area contributed by atoms with Crippen LogP contribution in [0.25, 0.3) is 0 Å². The Balaban J connectivity index is 2.97. The molecule has 2 N–H and O–H groups in total. The van der Waals surface area contributed by atoms with Gasteiger partial charge in [0.1, 0.15) is 5.60 Å². The zero-order chi connectivity index (χ0) is 10.8. The molecule has 0 aliphatic heterocycles. The maximum Gasteiger partial charge on any atom is 0.178 e. The molecule has 78 valence electrons. The van der Waals surface area contributed by atoms with Gasteiger partial charge in [0, 0.05) is 0 Å². The molecule has 1 aromatic carbocycles. The van der Waals surface area contributed by atoms with Gasteiger partial charge in [-0.05, 0) is 32.4 Å². The third kappa shape index (κ3) is 2.37. The van der Waals surface area contributed by atoms with Gasteiger partial charge in [0.2, 0.25) is 0 Å². The second-order valence-electron chi connectivity index (χ2n) is 3.87. The quantitative estimate of drug-likeness (QED) is 0.756.